The smallest absolute Gasteiger partial charge is 0.149 e. The highest BCUT2D eigenvalue weighted by Gasteiger charge is 2.77. The van der Waals surface area contributed by atoms with Crippen LogP contribution in [-0.2, 0) is 14.2 Å². The Balaban J connectivity index is 2.01. The van der Waals surface area contributed by atoms with Gasteiger partial charge in [-0.15, -0.1) is 9.24 Å². The maximum Gasteiger partial charge on any atom is 0.149 e. The van der Waals surface area contributed by atoms with Crippen molar-refractivity contribution in [3.63, 3.8) is 0 Å². The Labute approximate surface area is 85.1 Å². The van der Waals surface area contributed by atoms with Gasteiger partial charge >= 0.3 is 0 Å². The molecule has 2 aliphatic heterocycles. The molecule has 0 amide bonds. The number of aliphatic hydroxyl groups is 1. The van der Waals surface area contributed by atoms with Crippen molar-refractivity contribution in [3.05, 3.63) is 0 Å². The van der Waals surface area contributed by atoms with E-state index in [0.29, 0.717) is 0 Å². The second kappa shape index (κ2) is 2.69. The summed E-state index contributed by atoms with van der Waals surface area (Å²) in [6.07, 6.45) is 1.78. The van der Waals surface area contributed by atoms with Crippen molar-refractivity contribution in [2.75, 3.05) is 13.7 Å². The van der Waals surface area contributed by atoms with Gasteiger partial charge in [0, 0.05) is 7.11 Å². The summed E-state index contributed by atoms with van der Waals surface area (Å²) in [4.78, 5) is 0. The molecule has 5 atom stereocenters. The fraction of sp³-hybridized carbons (Fsp3) is 1.00. The zero-order valence-electron chi connectivity index (χ0n) is 8.10. The van der Waals surface area contributed by atoms with E-state index in [-0.39, 0.29) is 30.3 Å². The van der Waals surface area contributed by atoms with Crippen LogP contribution >= 0.6 is 9.24 Å². The first-order valence-corrected chi connectivity index (χ1v) is 5.61. The van der Waals surface area contributed by atoms with Crippen molar-refractivity contribution in [1.29, 1.82) is 0 Å². The van der Waals surface area contributed by atoms with Crippen LogP contribution in [0.4, 0.5) is 0 Å². The molecule has 5 unspecified atom stereocenters. The third-order valence-electron chi connectivity index (χ3n) is 3.75. The summed E-state index contributed by atoms with van der Waals surface area (Å²) in [6, 6.07) is 0. The Morgan fingerprint density at radius 1 is 1.50 bits per heavy atom. The minimum absolute atomic E-state index is 0.0209. The molecule has 0 aromatic carbocycles. The van der Waals surface area contributed by atoms with E-state index < -0.39 is 5.60 Å². The lowest BCUT2D eigenvalue weighted by Gasteiger charge is -2.36. The van der Waals surface area contributed by atoms with E-state index in [9.17, 15) is 5.11 Å². The molecule has 3 rings (SSSR count). The number of aliphatic hydroxyl groups excluding tert-OH is 1. The van der Waals surface area contributed by atoms with Crippen molar-refractivity contribution in [1.82, 2.24) is 0 Å². The highest BCUT2D eigenvalue weighted by Crippen LogP contribution is 2.63. The van der Waals surface area contributed by atoms with Gasteiger partial charge in [0.15, 0.2) is 0 Å². The van der Waals surface area contributed by atoms with Crippen LogP contribution in [0.25, 0.3) is 0 Å². The van der Waals surface area contributed by atoms with Crippen LogP contribution in [0.1, 0.15) is 12.8 Å². The monoisotopic (exact) mass is 218 g/mol. The molecule has 1 N–H and O–H groups in total. The van der Waals surface area contributed by atoms with E-state index in [1.807, 2.05) is 0 Å². The molecule has 1 aliphatic carbocycles. The molecule has 0 aromatic rings. The minimum Gasteiger partial charge on any atom is -0.393 e. The lowest BCUT2D eigenvalue weighted by atomic mass is 9.91. The number of fused-ring (bicyclic) bond motifs is 3. The van der Waals surface area contributed by atoms with Gasteiger partial charge in [-0.25, -0.2) is 0 Å². The Bertz CT molecular complexity index is 268. The minimum atomic E-state index is -0.612. The summed E-state index contributed by atoms with van der Waals surface area (Å²) in [5.74, 6) is -0.0571. The SMILES string of the molecule is COC1C2OC3(CC3)C1(CO)OC2P. The highest BCUT2D eigenvalue weighted by atomic mass is 31.0. The molecule has 2 bridgehead atoms. The molecule has 1 saturated carbocycles. The molecule has 14 heavy (non-hydrogen) atoms. The first-order chi connectivity index (χ1) is 6.69. The average molecular weight is 218 g/mol. The maximum absolute atomic E-state index is 9.54. The van der Waals surface area contributed by atoms with Crippen molar-refractivity contribution in [3.8, 4) is 0 Å². The summed E-state index contributed by atoms with van der Waals surface area (Å²) in [5.41, 5.74) is -0.862. The summed E-state index contributed by atoms with van der Waals surface area (Å²) >= 11 is 0. The van der Waals surface area contributed by atoms with Crippen LogP contribution in [0, 0.1) is 0 Å². The average Bonchev–Trinajstić information content (AvgIpc) is 2.82. The standard InChI is InChI=1S/C9H15O4P/c1-11-6-5-7(14)13-9(6,4-10)8(12-5)2-3-8/h5-7,10H,2-4,14H2,1H3. The number of rotatable bonds is 2. The molecule has 4 nitrogen and oxygen atoms in total. The van der Waals surface area contributed by atoms with Crippen molar-refractivity contribution in [2.45, 2.75) is 42.1 Å². The number of hydrogen-bond donors (Lipinski definition) is 1. The second-order valence-corrected chi connectivity index (χ2v) is 5.02. The number of ether oxygens (including phenoxy) is 3. The highest BCUT2D eigenvalue weighted by molar-refractivity contribution is 7.17. The maximum atomic E-state index is 9.54. The third kappa shape index (κ3) is 0.832. The number of hydrogen-bond acceptors (Lipinski definition) is 4. The molecule has 3 aliphatic rings. The molecular weight excluding hydrogens is 203 g/mol. The molecule has 2 saturated heterocycles. The lowest BCUT2D eigenvalue weighted by Crippen LogP contribution is -2.52. The van der Waals surface area contributed by atoms with Crippen molar-refractivity contribution < 1.29 is 19.3 Å². The van der Waals surface area contributed by atoms with E-state index in [0.717, 1.165) is 12.8 Å². The summed E-state index contributed by atoms with van der Waals surface area (Å²) in [6.45, 7) is -0.0209. The number of methoxy groups -OCH3 is 1. The van der Waals surface area contributed by atoms with Crippen molar-refractivity contribution in [2.24, 2.45) is 0 Å². The summed E-state index contributed by atoms with van der Waals surface area (Å²) < 4.78 is 17.2. The first kappa shape index (κ1) is 9.49. The van der Waals surface area contributed by atoms with Gasteiger partial charge in [0.25, 0.3) is 0 Å². The topological polar surface area (TPSA) is 47.9 Å². The molecule has 1 spiro atoms. The van der Waals surface area contributed by atoms with E-state index in [1.165, 1.54) is 0 Å². The van der Waals surface area contributed by atoms with Crippen molar-refractivity contribution >= 4 is 9.24 Å². The summed E-state index contributed by atoms with van der Waals surface area (Å²) in [5, 5.41) is 9.54. The van der Waals surface area contributed by atoms with Gasteiger partial charge in [0.05, 0.1) is 6.61 Å². The van der Waals surface area contributed by atoms with Crippen LogP contribution in [0.2, 0.25) is 0 Å². The molecule has 0 aromatic heterocycles. The van der Waals surface area contributed by atoms with E-state index in [1.54, 1.807) is 7.11 Å². The fourth-order valence-corrected chi connectivity index (χ4v) is 3.44. The quantitative estimate of drug-likeness (QED) is 0.657. The molecule has 80 valence electrons. The van der Waals surface area contributed by atoms with Gasteiger partial charge < -0.3 is 19.3 Å². The molecule has 0 radical (unpaired) electrons. The van der Waals surface area contributed by atoms with Crippen LogP contribution < -0.4 is 0 Å². The van der Waals surface area contributed by atoms with E-state index in [4.69, 9.17) is 14.2 Å². The molecule has 5 heteroatoms. The van der Waals surface area contributed by atoms with Crippen LogP contribution in [0.3, 0.4) is 0 Å². The van der Waals surface area contributed by atoms with Crippen LogP contribution in [-0.4, -0.2) is 48.1 Å². The Kier molecular flexibility index (Phi) is 1.82. The van der Waals surface area contributed by atoms with E-state index >= 15 is 0 Å². The fourth-order valence-electron chi connectivity index (χ4n) is 2.92. The molecule has 2 heterocycles. The lowest BCUT2D eigenvalue weighted by molar-refractivity contribution is -0.192. The zero-order chi connectivity index (χ0) is 9.97. The molecule has 3 fully saturated rings. The Morgan fingerprint density at radius 3 is 2.71 bits per heavy atom. The largest absolute Gasteiger partial charge is 0.393 e. The summed E-state index contributed by atoms with van der Waals surface area (Å²) in [7, 11) is 4.26. The van der Waals surface area contributed by atoms with Crippen LogP contribution in [0.15, 0.2) is 0 Å². The van der Waals surface area contributed by atoms with Gasteiger partial charge in [-0.2, -0.15) is 0 Å². The van der Waals surface area contributed by atoms with Gasteiger partial charge in [0.2, 0.25) is 0 Å². The third-order valence-corrected chi connectivity index (χ3v) is 4.27. The first-order valence-electron chi connectivity index (χ1n) is 4.94. The van der Waals surface area contributed by atoms with E-state index in [2.05, 4.69) is 9.24 Å². The van der Waals surface area contributed by atoms with Gasteiger partial charge in [-0.3, -0.25) is 0 Å². The van der Waals surface area contributed by atoms with Gasteiger partial charge in [0.1, 0.15) is 29.3 Å². The molecular formula is C9H15O4P. The predicted molar refractivity (Wildman–Crippen MR) is 52.0 cm³/mol. The second-order valence-electron chi connectivity index (χ2n) is 4.36. The zero-order valence-corrected chi connectivity index (χ0v) is 9.26. The Morgan fingerprint density at radius 2 is 2.21 bits per heavy atom. The van der Waals surface area contributed by atoms with Gasteiger partial charge in [-0.05, 0) is 12.8 Å². The normalized spacial score (nSPS) is 52.9. The van der Waals surface area contributed by atoms with Crippen LogP contribution in [0.5, 0.6) is 0 Å². The predicted octanol–water partition coefficient (Wildman–Crippen LogP) is -0.105. The van der Waals surface area contributed by atoms with Gasteiger partial charge in [-0.1, -0.05) is 0 Å². The Hall–Kier alpha value is 0.270.